The van der Waals surface area contributed by atoms with E-state index in [2.05, 4.69) is 25.8 Å². The molecule has 0 spiro atoms. The Morgan fingerprint density at radius 3 is 2.85 bits per heavy atom. The molecular weight excluding hydrogens is 420 g/mol. The zero-order chi connectivity index (χ0) is 23.2. The Hall–Kier alpha value is -3.43. The molecule has 3 aromatic heterocycles. The van der Waals surface area contributed by atoms with Gasteiger partial charge in [0.1, 0.15) is 16.6 Å². The SMILES string of the molecule is CC(C)=NOCc1nc2c(N)nc3cccnc3c2n1CCCNC(=O)NC1CCCCC1. The van der Waals surface area contributed by atoms with E-state index in [9.17, 15) is 4.79 Å². The molecule has 1 saturated carbocycles. The molecule has 10 heteroatoms. The van der Waals surface area contributed by atoms with Crippen molar-refractivity contribution >= 4 is 39.6 Å². The minimum Gasteiger partial charge on any atom is -0.388 e. The standard InChI is InChI=1S/C23H32N8O2/c1-15(2)30-33-14-18-29-20-21(19-17(28-22(20)24)10-6-11-25-19)31(18)13-7-12-26-23(32)27-16-8-4-3-5-9-16/h6,10-11,16H,3-5,7-9,12-14H2,1-2H3,(H2,24,28)(H2,26,27,32). The number of hydrogen-bond donors (Lipinski definition) is 3. The average Bonchev–Trinajstić information content (AvgIpc) is 3.16. The van der Waals surface area contributed by atoms with Crippen molar-refractivity contribution < 1.29 is 9.63 Å². The number of nitrogens with one attached hydrogen (secondary N) is 2. The number of aromatic nitrogens is 4. The van der Waals surface area contributed by atoms with Crippen LogP contribution in [0.5, 0.6) is 0 Å². The number of hydrogen-bond acceptors (Lipinski definition) is 7. The number of aryl methyl sites for hydroxylation is 1. The van der Waals surface area contributed by atoms with Crippen LogP contribution in [0.1, 0.15) is 58.2 Å². The quantitative estimate of drug-likeness (QED) is 0.272. The van der Waals surface area contributed by atoms with Crippen LogP contribution in [0.3, 0.4) is 0 Å². The number of anilines is 1. The minimum atomic E-state index is -0.103. The Morgan fingerprint density at radius 1 is 1.24 bits per heavy atom. The summed E-state index contributed by atoms with van der Waals surface area (Å²) < 4.78 is 2.05. The fourth-order valence-corrected chi connectivity index (χ4v) is 4.26. The Kier molecular flexibility index (Phi) is 7.21. The topological polar surface area (TPSA) is 132 Å². The summed E-state index contributed by atoms with van der Waals surface area (Å²) in [5, 5.41) is 10.1. The van der Waals surface area contributed by atoms with E-state index in [1.807, 2.05) is 30.5 Å². The summed E-state index contributed by atoms with van der Waals surface area (Å²) in [6.07, 6.45) is 8.20. The number of oxime groups is 1. The van der Waals surface area contributed by atoms with Crippen LogP contribution in [0, 0.1) is 0 Å². The predicted molar refractivity (Wildman–Crippen MR) is 129 cm³/mol. The van der Waals surface area contributed by atoms with Gasteiger partial charge in [-0.1, -0.05) is 24.4 Å². The molecule has 0 bridgehead atoms. The summed E-state index contributed by atoms with van der Waals surface area (Å²) in [6.45, 7) is 5.08. The molecule has 4 rings (SSSR count). The van der Waals surface area contributed by atoms with Gasteiger partial charge in [-0.15, -0.1) is 0 Å². The number of nitrogen functional groups attached to an aromatic ring is 1. The number of amides is 2. The number of nitrogens with two attached hydrogens (primary N) is 1. The van der Waals surface area contributed by atoms with Crippen LogP contribution in [-0.4, -0.2) is 43.8 Å². The van der Waals surface area contributed by atoms with Gasteiger partial charge in [0, 0.05) is 25.3 Å². The van der Waals surface area contributed by atoms with Crippen LogP contribution >= 0.6 is 0 Å². The molecule has 3 aromatic rings. The van der Waals surface area contributed by atoms with Gasteiger partial charge in [-0.3, -0.25) is 4.98 Å². The number of fused-ring (bicyclic) bond motifs is 3. The summed E-state index contributed by atoms with van der Waals surface area (Å²) in [5.41, 5.74) is 9.90. The number of urea groups is 1. The molecule has 1 aliphatic carbocycles. The third-order valence-electron chi connectivity index (χ3n) is 5.77. The second-order valence-corrected chi connectivity index (χ2v) is 8.65. The lowest BCUT2D eigenvalue weighted by molar-refractivity contribution is 0.122. The van der Waals surface area contributed by atoms with Gasteiger partial charge in [-0.05, 0) is 45.2 Å². The van der Waals surface area contributed by atoms with E-state index in [0.29, 0.717) is 42.2 Å². The lowest BCUT2D eigenvalue weighted by atomic mass is 9.96. The molecule has 0 atom stereocenters. The first-order chi connectivity index (χ1) is 16.0. The fourth-order valence-electron chi connectivity index (χ4n) is 4.26. The smallest absolute Gasteiger partial charge is 0.315 e. The molecule has 0 unspecified atom stereocenters. The van der Waals surface area contributed by atoms with Crippen LogP contribution in [0.4, 0.5) is 10.6 Å². The van der Waals surface area contributed by atoms with Gasteiger partial charge < -0.3 is 25.8 Å². The second-order valence-electron chi connectivity index (χ2n) is 8.65. The lowest BCUT2D eigenvalue weighted by Gasteiger charge is -2.22. The van der Waals surface area contributed by atoms with Gasteiger partial charge in [0.05, 0.1) is 11.2 Å². The average molecular weight is 453 g/mol. The molecule has 176 valence electrons. The largest absolute Gasteiger partial charge is 0.388 e. The van der Waals surface area contributed by atoms with E-state index in [0.717, 1.165) is 29.6 Å². The van der Waals surface area contributed by atoms with Crippen molar-refractivity contribution in [3.8, 4) is 0 Å². The Labute approximate surface area is 193 Å². The Bertz CT molecular complexity index is 1150. The summed E-state index contributed by atoms with van der Waals surface area (Å²) in [6, 6.07) is 3.90. The third-order valence-corrected chi connectivity index (χ3v) is 5.77. The molecular formula is C23H32N8O2. The predicted octanol–water partition coefficient (Wildman–Crippen LogP) is 3.50. The first-order valence-corrected chi connectivity index (χ1v) is 11.6. The van der Waals surface area contributed by atoms with E-state index in [1.165, 1.54) is 19.3 Å². The molecule has 1 aliphatic rings. The summed E-state index contributed by atoms with van der Waals surface area (Å²) >= 11 is 0. The van der Waals surface area contributed by atoms with Gasteiger partial charge >= 0.3 is 6.03 Å². The summed E-state index contributed by atoms with van der Waals surface area (Å²) in [4.78, 5) is 31.4. The number of rotatable bonds is 8. The number of carbonyl (C=O) groups excluding carboxylic acids is 1. The maximum atomic E-state index is 12.3. The number of imidazole rings is 1. The van der Waals surface area contributed by atoms with Crippen molar-refractivity contribution in [1.29, 1.82) is 0 Å². The van der Waals surface area contributed by atoms with Crippen molar-refractivity contribution in [3.63, 3.8) is 0 Å². The van der Waals surface area contributed by atoms with Gasteiger partial charge in [-0.2, -0.15) is 0 Å². The third kappa shape index (κ3) is 5.50. The summed E-state index contributed by atoms with van der Waals surface area (Å²) in [5.74, 6) is 1.04. The van der Waals surface area contributed by atoms with Crippen LogP contribution in [0.15, 0.2) is 23.5 Å². The number of pyridine rings is 2. The van der Waals surface area contributed by atoms with Crippen LogP contribution in [0.2, 0.25) is 0 Å². The maximum Gasteiger partial charge on any atom is 0.315 e. The Morgan fingerprint density at radius 2 is 2.06 bits per heavy atom. The molecule has 10 nitrogen and oxygen atoms in total. The monoisotopic (exact) mass is 452 g/mol. The molecule has 1 fully saturated rings. The van der Waals surface area contributed by atoms with Gasteiger partial charge in [-0.25, -0.2) is 14.8 Å². The highest BCUT2D eigenvalue weighted by atomic mass is 16.6. The van der Waals surface area contributed by atoms with E-state index in [4.69, 9.17) is 15.6 Å². The van der Waals surface area contributed by atoms with Crippen molar-refractivity contribution in [3.05, 3.63) is 24.2 Å². The zero-order valence-electron chi connectivity index (χ0n) is 19.3. The number of nitrogens with zero attached hydrogens (tertiary/aromatic N) is 5. The molecule has 33 heavy (non-hydrogen) atoms. The highest BCUT2D eigenvalue weighted by molar-refractivity contribution is 6.04. The summed E-state index contributed by atoms with van der Waals surface area (Å²) in [7, 11) is 0. The van der Waals surface area contributed by atoms with E-state index in [-0.39, 0.29) is 18.7 Å². The highest BCUT2D eigenvalue weighted by Crippen LogP contribution is 2.28. The van der Waals surface area contributed by atoms with Crippen molar-refractivity contribution in [2.24, 2.45) is 5.16 Å². The van der Waals surface area contributed by atoms with Gasteiger partial charge in [0.15, 0.2) is 18.2 Å². The lowest BCUT2D eigenvalue weighted by Crippen LogP contribution is -2.43. The molecule has 0 aliphatic heterocycles. The maximum absolute atomic E-state index is 12.3. The molecule has 3 heterocycles. The first kappa shape index (κ1) is 22.8. The minimum absolute atomic E-state index is 0.103. The molecule has 2 amide bonds. The van der Waals surface area contributed by atoms with Crippen LogP contribution in [0.25, 0.3) is 22.1 Å². The van der Waals surface area contributed by atoms with E-state index >= 15 is 0 Å². The van der Waals surface area contributed by atoms with Crippen molar-refractivity contribution in [2.45, 2.75) is 71.6 Å². The molecule has 0 radical (unpaired) electrons. The normalized spacial score (nSPS) is 14.4. The van der Waals surface area contributed by atoms with E-state index in [1.54, 1.807) is 6.20 Å². The second kappa shape index (κ2) is 10.5. The molecule has 4 N–H and O–H groups in total. The highest BCUT2D eigenvalue weighted by Gasteiger charge is 2.19. The number of carbonyl (C=O) groups is 1. The fraction of sp³-hybridized carbons (Fsp3) is 0.522. The zero-order valence-corrected chi connectivity index (χ0v) is 19.3. The van der Waals surface area contributed by atoms with Crippen molar-refractivity contribution in [1.82, 2.24) is 30.2 Å². The first-order valence-electron chi connectivity index (χ1n) is 11.6. The van der Waals surface area contributed by atoms with E-state index < -0.39 is 0 Å². The van der Waals surface area contributed by atoms with Crippen LogP contribution < -0.4 is 16.4 Å². The molecule has 0 aromatic carbocycles. The molecule has 0 saturated heterocycles. The Balaban J connectivity index is 1.50. The van der Waals surface area contributed by atoms with Crippen molar-refractivity contribution in [2.75, 3.05) is 12.3 Å². The van der Waals surface area contributed by atoms with Crippen LogP contribution in [-0.2, 0) is 18.0 Å². The van der Waals surface area contributed by atoms with Gasteiger partial charge in [0.2, 0.25) is 0 Å². The van der Waals surface area contributed by atoms with Gasteiger partial charge in [0.25, 0.3) is 0 Å².